The molecule has 1 aliphatic rings. The standard InChI is InChI=1S/C20H33N3O2/c1-4-21-20(23-17(3)19-9-6-5-8-16(19)2)22-12-7-13-25-18-10-14-24-15-11-18/h5-6,8-9,17-18H,4,7,10-15H2,1-3H3,(H2,21,22,23). The maximum Gasteiger partial charge on any atom is 0.191 e. The van der Waals surface area contributed by atoms with Crippen LogP contribution in [0.1, 0.15) is 50.3 Å². The molecule has 0 aromatic heterocycles. The van der Waals surface area contributed by atoms with Gasteiger partial charge >= 0.3 is 0 Å². The van der Waals surface area contributed by atoms with Crippen LogP contribution in [0, 0.1) is 6.92 Å². The van der Waals surface area contributed by atoms with Gasteiger partial charge in [0, 0.05) is 32.9 Å². The van der Waals surface area contributed by atoms with Crippen molar-refractivity contribution in [3.8, 4) is 0 Å². The van der Waals surface area contributed by atoms with Gasteiger partial charge in [-0.2, -0.15) is 0 Å². The molecule has 1 fully saturated rings. The third kappa shape index (κ3) is 7.04. The summed E-state index contributed by atoms with van der Waals surface area (Å²) in [5, 5.41) is 6.82. The van der Waals surface area contributed by atoms with E-state index in [4.69, 9.17) is 9.47 Å². The van der Waals surface area contributed by atoms with Gasteiger partial charge in [0.05, 0.1) is 12.1 Å². The van der Waals surface area contributed by atoms with Gasteiger partial charge in [-0.25, -0.2) is 0 Å². The van der Waals surface area contributed by atoms with Crippen LogP contribution in [0.2, 0.25) is 0 Å². The fourth-order valence-corrected chi connectivity index (χ4v) is 3.02. The van der Waals surface area contributed by atoms with Gasteiger partial charge in [-0.15, -0.1) is 0 Å². The van der Waals surface area contributed by atoms with E-state index in [1.165, 1.54) is 11.1 Å². The van der Waals surface area contributed by atoms with Crippen molar-refractivity contribution >= 4 is 5.96 Å². The van der Waals surface area contributed by atoms with E-state index in [1.807, 2.05) is 0 Å². The average Bonchev–Trinajstić information content (AvgIpc) is 2.62. The molecule has 0 aliphatic carbocycles. The summed E-state index contributed by atoms with van der Waals surface area (Å²) in [4.78, 5) is 4.68. The van der Waals surface area contributed by atoms with E-state index in [0.717, 1.165) is 58.1 Å². The van der Waals surface area contributed by atoms with Crippen molar-refractivity contribution in [2.75, 3.05) is 32.9 Å². The highest BCUT2D eigenvalue weighted by Gasteiger charge is 2.13. The molecule has 0 saturated carbocycles. The van der Waals surface area contributed by atoms with Crippen molar-refractivity contribution in [3.63, 3.8) is 0 Å². The van der Waals surface area contributed by atoms with E-state index in [2.05, 4.69) is 60.7 Å². The van der Waals surface area contributed by atoms with Gasteiger partial charge in [0.2, 0.25) is 0 Å². The second-order valence-electron chi connectivity index (χ2n) is 6.52. The lowest BCUT2D eigenvalue weighted by Gasteiger charge is -2.22. The summed E-state index contributed by atoms with van der Waals surface area (Å²) in [5.74, 6) is 0.865. The Kier molecular flexibility index (Phi) is 8.77. The van der Waals surface area contributed by atoms with E-state index in [0.29, 0.717) is 6.10 Å². The number of aliphatic imine (C=N–C) groups is 1. The zero-order valence-electron chi connectivity index (χ0n) is 15.9. The first kappa shape index (κ1) is 19.7. The molecule has 1 aromatic carbocycles. The number of nitrogens with one attached hydrogen (secondary N) is 2. The highest BCUT2D eigenvalue weighted by Crippen LogP contribution is 2.16. The minimum absolute atomic E-state index is 0.220. The highest BCUT2D eigenvalue weighted by atomic mass is 16.5. The Hall–Kier alpha value is -1.59. The molecule has 2 rings (SSSR count). The molecule has 0 spiro atoms. The van der Waals surface area contributed by atoms with Gasteiger partial charge in [-0.3, -0.25) is 4.99 Å². The lowest BCUT2D eigenvalue weighted by molar-refractivity contribution is -0.0318. The molecule has 25 heavy (non-hydrogen) atoms. The van der Waals surface area contributed by atoms with Crippen LogP contribution in [-0.2, 0) is 9.47 Å². The Labute approximate surface area is 152 Å². The van der Waals surface area contributed by atoms with Crippen LogP contribution in [0.15, 0.2) is 29.3 Å². The summed E-state index contributed by atoms with van der Waals surface area (Å²) in [6.07, 6.45) is 3.33. The molecule has 1 aromatic rings. The molecule has 2 N–H and O–H groups in total. The van der Waals surface area contributed by atoms with Crippen LogP contribution in [0.4, 0.5) is 0 Å². The number of nitrogens with zero attached hydrogens (tertiary/aromatic N) is 1. The Morgan fingerprint density at radius 2 is 2.08 bits per heavy atom. The van der Waals surface area contributed by atoms with Crippen LogP contribution in [0.3, 0.4) is 0 Å². The SMILES string of the molecule is CCNC(=NCCCOC1CCOCC1)NC(C)c1ccccc1C. The molecular weight excluding hydrogens is 314 g/mol. The molecule has 0 amide bonds. The van der Waals surface area contributed by atoms with Gasteiger partial charge in [0.25, 0.3) is 0 Å². The maximum atomic E-state index is 5.90. The molecule has 1 heterocycles. The quantitative estimate of drug-likeness (QED) is 0.431. The largest absolute Gasteiger partial charge is 0.381 e. The van der Waals surface area contributed by atoms with Crippen molar-refractivity contribution in [1.29, 1.82) is 0 Å². The zero-order chi connectivity index (χ0) is 17.9. The first-order valence-electron chi connectivity index (χ1n) is 9.50. The second kappa shape index (κ2) is 11.1. The predicted octanol–water partition coefficient (Wildman–Crippen LogP) is 3.20. The smallest absolute Gasteiger partial charge is 0.191 e. The third-order valence-electron chi connectivity index (χ3n) is 4.45. The van der Waals surface area contributed by atoms with Gasteiger partial charge in [0.15, 0.2) is 5.96 Å². The van der Waals surface area contributed by atoms with E-state index in [-0.39, 0.29) is 6.04 Å². The molecule has 140 valence electrons. The summed E-state index contributed by atoms with van der Waals surface area (Å²) < 4.78 is 11.2. The molecule has 0 bridgehead atoms. The predicted molar refractivity (Wildman–Crippen MR) is 103 cm³/mol. The normalized spacial score (nSPS) is 17.3. The van der Waals surface area contributed by atoms with E-state index >= 15 is 0 Å². The molecule has 5 heteroatoms. The van der Waals surface area contributed by atoms with Crippen LogP contribution in [0.5, 0.6) is 0 Å². The molecule has 1 unspecified atom stereocenters. The van der Waals surface area contributed by atoms with Gasteiger partial charge < -0.3 is 20.1 Å². The van der Waals surface area contributed by atoms with Gasteiger partial charge in [0.1, 0.15) is 0 Å². The van der Waals surface area contributed by atoms with Crippen molar-refractivity contribution in [1.82, 2.24) is 10.6 Å². The van der Waals surface area contributed by atoms with Crippen molar-refractivity contribution in [2.24, 2.45) is 4.99 Å². The Morgan fingerprint density at radius 1 is 1.32 bits per heavy atom. The first-order valence-corrected chi connectivity index (χ1v) is 9.50. The van der Waals surface area contributed by atoms with Crippen LogP contribution in [-0.4, -0.2) is 45.0 Å². The topological polar surface area (TPSA) is 54.9 Å². The molecule has 1 atom stereocenters. The monoisotopic (exact) mass is 347 g/mol. The molecule has 1 saturated heterocycles. The Morgan fingerprint density at radius 3 is 2.80 bits per heavy atom. The lowest BCUT2D eigenvalue weighted by atomic mass is 10.0. The van der Waals surface area contributed by atoms with E-state index in [1.54, 1.807) is 0 Å². The molecular formula is C20H33N3O2. The first-order chi connectivity index (χ1) is 12.2. The number of hydrogen-bond donors (Lipinski definition) is 2. The summed E-state index contributed by atoms with van der Waals surface area (Å²) in [7, 11) is 0. The maximum absolute atomic E-state index is 5.90. The summed E-state index contributed by atoms with van der Waals surface area (Å²) >= 11 is 0. The minimum Gasteiger partial charge on any atom is -0.381 e. The molecule has 5 nitrogen and oxygen atoms in total. The molecule has 1 aliphatic heterocycles. The minimum atomic E-state index is 0.220. The number of guanidine groups is 1. The van der Waals surface area contributed by atoms with E-state index in [9.17, 15) is 0 Å². The molecule has 0 radical (unpaired) electrons. The average molecular weight is 348 g/mol. The second-order valence-corrected chi connectivity index (χ2v) is 6.52. The fraction of sp³-hybridized carbons (Fsp3) is 0.650. The number of aryl methyl sites for hydroxylation is 1. The van der Waals surface area contributed by atoms with Crippen LogP contribution >= 0.6 is 0 Å². The Bertz CT molecular complexity index is 527. The Balaban J connectivity index is 1.76. The van der Waals surface area contributed by atoms with E-state index < -0.39 is 0 Å². The number of ether oxygens (including phenoxy) is 2. The van der Waals surface area contributed by atoms with Gasteiger partial charge in [-0.1, -0.05) is 24.3 Å². The summed E-state index contributed by atoms with van der Waals surface area (Å²) in [5.41, 5.74) is 2.60. The van der Waals surface area contributed by atoms with Gasteiger partial charge in [-0.05, 0) is 51.2 Å². The third-order valence-corrected chi connectivity index (χ3v) is 4.45. The number of rotatable bonds is 8. The summed E-state index contributed by atoms with van der Waals surface area (Å²) in [6, 6.07) is 8.68. The van der Waals surface area contributed by atoms with Crippen molar-refractivity contribution in [2.45, 2.75) is 52.2 Å². The lowest BCUT2D eigenvalue weighted by Crippen LogP contribution is -2.39. The fourth-order valence-electron chi connectivity index (χ4n) is 3.02. The summed E-state index contributed by atoms with van der Waals surface area (Å²) in [6.45, 7) is 10.4. The van der Waals surface area contributed by atoms with Crippen LogP contribution < -0.4 is 10.6 Å². The van der Waals surface area contributed by atoms with Crippen molar-refractivity contribution in [3.05, 3.63) is 35.4 Å². The zero-order valence-corrected chi connectivity index (χ0v) is 15.9. The van der Waals surface area contributed by atoms with Crippen molar-refractivity contribution < 1.29 is 9.47 Å². The highest BCUT2D eigenvalue weighted by molar-refractivity contribution is 5.80. The number of benzene rings is 1. The van der Waals surface area contributed by atoms with Crippen LogP contribution in [0.25, 0.3) is 0 Å². The number of hydrogen-bond acceptors (Lipinski definition) is 3.